The molecule has 0 saturated carbocycles. The van der Waals surface area contributed by atoms with Gasteiger partial charge in [0.05, 0.1) is 0 Å². The quantitative estimate of drug-likeness (QED) is 0.431. The van der Waals surface area contributed by atoms with Gasteiger partial charge in [0.15, 0.2) is 0 Å². The van der Waals surface area contributed by atoms with E-state index in [1.54, 1.807) is 0 Å². The Kier molecular flexibility index (Phi) is 14.7. The van der Waals surface area contributed by atoms with Crippen molar-refractivity contribution in [3.8, 4) is 0 Å². The Morgan fingerprint density at radius 3 is 2.09 bits per heavy atom. The number of halogens is 2. The second-order valence-corrected chi connectivity index (χ2v) is 2.41. The Morgan fingerprint density at radius 1 is 1.36 bits per heavy atom. The standard InChI is InChI=1S/C8H11.2ClH.Zr/c1-7(2)8-5-3-4-6-8;;;/h5-7H,3H2,1-2H3;2*1H;/q-1;;;+3/p-2. The molecule has 1 aliphatic rings. The largest absolute Gasteiger partial charge is 3.00 e. The summed E-state index contributed by atoms with van der Waals surface area (Å²) in [6, 6.07) is 0. The van der Waals surface area contributed by atoms with Crippen LogP contribution in [0, 0.1) is 12.0 Å². The maximum Gasteiger partial charge on any atom is 3.00 e. The molecule has 1 aliphatic carbocycles. The van der Waals surface area contributed by atoms with Crippen molar-refractivity contribution < 1.29 is 51.0 Å². The van der Waals surface area contributed by atoms with Crippen LogP contribution in [0.3, 0.4) is 0 Å². The van der Waals surface area contributed by atoms with E-state index in [0.717, 1.165) is 6.42 Å². The van der Waals surface area contributed by atoms with E-state index in [0.29, 0.717) is 5.92 Å². The molecule has 0 N–H and O–H groups in total. The van der Waals surface area contributed by atoms with E-state index in [-0.39, 0.29) is 51.0 Å². The van der Waals surface area contributed by atoms with E-state index in [9.17, 15) is 0 Å². The Labute approximate surface area is 100 Å². The van der Waals surface area contributed by atoms with Gasteiger partial charge in [-0.1, -0.05) is 19.8 Å². The van der Waals surface area contributed by atoms with E-state index in [1.807, 2.05) is 0 Å². The van der Waals surface area contributed by atoms with Crippen LogP contribution >= 0.6 is 0 Å². The predicted molar refractivity (Wildman–Crippen MR) is 35.4 cm³/mol. The molecular weight excluding hydrogens is 258 g/mol. The van der Waals surface area contributed by atoms with Crippen molar-refractivity contribution in [3.05, 3.63) is 23.8 Å². The number of hydrogen-bond donors (Lipinski definition) is 0. The van der Waals surface area contributed by atoms with Gasteiger partial charge in [0, 0.05) is 0 Å². The minimum atomic E-state index is 0. The fourth-order valence-electron chi connectivity index (χ4n) is 0.815. The summed E-state index contributed by atoms with van der Waals surface area (Å²) >= 11 is 0. The molecule has 61 valence electrons. The smallest absolute Gasteiger partial charge is 1.00 e. The summed E-state index contributed by atoms with van der Waals surface area (Å²) in [4.78, 5) is 0. The minimum absolute atomic E-state index is 0. The number of allylic oxidation sites excluding steroid dienone is 4. The molecule has 1 rings (SSSR count). The van der Waals surface area contributed by atoms with Crippen LogP contribution in [0.4, 0.5) is 0 Å². The van der Waals surface area contributed by atoms with Crippen LogP contribution in [0.25, 0.3) is 0 Å². The normalized spacial score (nSPS) is 12.8. The van der Waals surface area contributed by atoms with Crippen molar-refractivity contribution in [1.29, 1.82) is 0 Å². The SMILES string of the molecule is CC(C)C1=CC[C-]=C1.[Cl-].[Cl-].[Zr+3]. The maximum atomic E-state index is 3.14. The molecule has 11 heavy (non-hydrogen) atoms. The van der Waals surface area contributed by atoms with E-state index in [2.05, 4.69) is 32.1 Å². The van der Waals surface area contributed by atoms with Gasteiger partial charge in [-0.3, -0.25) is 6.08 Å². The van der Waals surface area contributed by atoms with Crippen LogP contribution < -0.4 is 24.8 Å². The first-order valence-electron chi connectivity index (χ1n) is 3.07. The third-order valence-electron chi connectivity index (χ3n) is 1.39. The van der Waals surface area contributed by atoms with E-state index >= 15 is 0 Å². The van der Waals surface area contributed by atoms with Crippen LogP contribution in [0.5, 0.6) is 0 Å². The van der Waals surface area contributed by atoms with Crippen molar-refractivity contribution >= 4 is 0 Å². The van der Waals surface area contributed by atoms with Gasteiger partial charge in [0.25, 0.3) is 0 Å². The first-order valence-corrected chi connectivity index (χ1v) is 3.07. The third-order valence-corrected chi connectivity index (χ3v) is 1.39. The fourth-order valence-corrected chi connectivity index (χ4v) is 0.815. The molecule has 0 heterocycles. The Hall–Kier alpha value is 0.943. The van der Waals surface area contributed by atoms with Crippen LogP contribution in [-0.4, -0.2) is 0 Å². The Bertz CT molecular complexity index is 139. The summed E-state index contributed by atoms with van der Waals surface area (Å²) < 4.78 is 0. The summed E-state index contributed by atoms with van der Waals surface area (Å²) in [6.45, 7) is 4.41. The zero-order chi connectivity index (χ0) is 5.98. The van der Waals surface area contributed by atoms with Crippen LogP contribution in [0.2, 0.25) is 0 Å². The molecule has 0 aromatic carbocycles. The molecule has 0 unspecified atom stereocenters. The zero-order valence-corrected chi connectivity index (χ0v) is 10.7. The molecular formula is C8H11Cl2Zr. The van der Waals surface area contributed by atoms with Gasteiger partial charge in [-0.05, 0) is 0 Å². The van der Waals surface area contributed by atoms with Gasteiger partial charge >= 0.3 is 26.2 Å². The molecule has 0 amide bonds. The maximum absolute atomic E-state index is 3.14. The summed E-state index contributed by atoms with van der Waals surface area (Å²) in [5.74, 6) is 0.685. The molecule has 0 fully saturated rings. The summed E-state index contributed by atoms with van der Waals surface area (Å²) in [6.07, 6.45) is 8.47. The number of hydrogen-bond acceptors (Lipinski definition) is 0. The molecule has 0 saturated heterocycles. The molecule has 0 bridgehead atoms. The van der Waals surface area contributed by atoms with E-state index in [1.165, 1.54) is 5.57 Å². The van der Waals surface area contributed by atoms with Gasteiger partial charge in [0.1, 0.15) is 0 Å². The predicted octanol–water partition coefficient (Wildman–Crippen LogP) is -3.66. The number of rotatable bonds is 1. The minimum Gasteiger partial charge on any atom is -1.00 e. The molecule has 3 heteroatoms. The molecule has 0 aliphatic heterocycles. The average molecular weight is 269 g/mol. The van der Waals surface area contributed by atoms with Gasteiger partial charge in [-0.2, -0.15) is 11.6 Å². The Morgan fingerprint density at radius 2 is 1.91 bits per heavy atom. The second kappa shape index (κ2) is 9.03. The Balaban J connectivity index is -0.000000213. The van der Waals surface area contributed by atoms with E-state index < -0.39 is 0 Å². The fraction of sp³-hybridized carbons (Fsp3) is 0.500. The molecule has 0 nitrogen and oxygen atoms in total. The van der Waals surface area contributed by atoms with Gasteiger partial charge in [0.2, 0.25) is 0 Å². The van der Waals surface area contributed by atoms with E-state index in [4.69, 9.17) is 0 Å². The van der Waals surface area contributed by atoms with Crippen LogP contribution in [0.15, 0.2) is 17.7 Å². The molecule has 0 spiro atoms. The van der Waals surface area contributed by atoms with Crippen molar-refractivity contribution in [3.63, 3.8) is 0 Å². The van der Waals surface area contributed by atoms with Crippen molar-refractivity contribution in [1.82, 2.24) is 0 Å². The second-order valence-electron chi connectivity index (χ2n) is 2.41. The molecule has 0 atom stereocenters. The summed E-state index contributed by atoms with van der Waals surface area (Å²) in [5.41, 5.74) is 1.44. The van der Waals surface area contributed by atoms with Crippen molar-refractivity contribution in [2.75, 3.05) is 0 Å². The van der Waals surface area contributed by atoms with Crippen molar-refractivity contribution in [2.45, 2.75) is 20.3 Å². The summed E-state index contributed by atoms with van der Waals surface area (Å²) in [5, 5.41) is 0. The van der Waals surface area contributed by atoms with Crippen LogP contribution in [-0.2, 0) is 26.2 Å². The van der Waals surface area contributed by atoms with Crippen LogP contribution in [0.1, 0.15) is 20.3 Å². The first kappa shape index (κ1) is 17.9. The first-order chi connectivity index (χ1) is 3.80. The third kappa shape index (κ3) is 6.14. The summed E-state index contributed by atoms with van der Waals surface area (Å²) in [7, 11) is 0. The van der Waals surface area contributed by atoms with Gasteiger partial charge in [-0.15, -0.1) is 6.42 Å². The van der Waals surface area contributed by atoms with Crippen molar-refractivity contribution in [2.24, 2.45) is 5.92 Å². The van der Waals surface area contributed by atoms with Gasteiger partial charge < -0.3 is 24.8 Å². The molecule has 0 aromatic heterocycles. The zero-order valence-electron chi connectivity index (χ0n) is 6.70. The topological polar surface area (TPSA) is 0 Å². The molecule has 1 radical (unpaired) electrons. The average Bonchev–Trinajstić information content (AvgIpc) is 2.12. The monoisotopic (exact) mass is 267 g/mol. The molecule has 0 aromatic rings. The van der Waals surface area contributed by atoms with Gasteiger partial charge in [-0.25, -0.2) is 6.08 Å².